The van der Waals surface area contributed by atoms with Crippen molar-refractivity contribution in [3.8, 4) is 16.6 Å². The minimum absolute atomic E-state index is 0.0361. The average molecular weight is 306 g/mol. The summed E-state index contributed by atoms with van der Waals surface area (Å²) in [5, 5.41) is 0.474. The molecule has 2 heterocycles. The van der Waals surface area contributed by atoms with Crippen LogP contribution in [-0.2, 0) is 4.74 Å². The van der Waals surface area contributed by atoms with Crippen LogP contribution < -0.4 is 4.74 Å². The van der Waals surface area contributed by atoms with E-state index in [0.717, 1.165) is 11.3 Å². The molecule has 7 heteroatoms. The predicted octanol–water partition coefficient (Wildman–Crippen LogP) is 2.59. The van der Waals surface area contributed by atoms with Crippen molar-refractivity contribution < 1.29 is 19.1 Å². The lowest BCUT2D eigenvalue weighted by atomic mass is 10.3. The summed E-state index contributed by atoms with van der Waals surface area (Å²) in [5.41, 5.74) is 0.575. The Balaban J connectivity index is 2.48. The molecule has 2 aromatic rings. The Labute approximate surface area is 125 Å². The van der Waals surface area contributed by atoms with Gasteiger partial charge in [-0.1, -0.05) is 6.07 Å². The van der Waals surface area contributed by atoms with Crippen molar-refractivity contribution in [2.45, 2.75) is 13.8 Å². The van der Waals surface area contributed by atoms with Crippen molar-refractivity contribution in [2.24, 2.45) is 0 Å². The fraction of sp³-hybridized carbons (Fsp3) is 0.286. The molecule has 110 valence electrons. The van der Waals surface area contributed by atoms with Gasteiger partial charge in [0, 0.05) is 13.0 Å². The summed E-state index contributed by atoms with van der Waals surface area (Å²) in [6.45, 7) is 3.31. The zero-order valence-corrected chi connectivity index (χ0v) is 12.7. The van der Waals surface area contributed by atoms with E-state index in [0.29, 0.717) is 16.6 Å². The number of ketones is 1. The van der Waals surface area contributed by atoms with Crippen molar-refractivity contribution in [2.75, 3.05) is 13.7 Å². The standard InChI is InChI=1S/C14H14N2O4S/c1-4-20-14(18)11-12(8(2)17)21-13(16-11)9-6-5-7-10(15-9)19-3/h5-7H,4H2,1-3H3. The Kier molecular flexibility index (Phi) is 4.64. The van der Waals surface area contributed by atoms with E-state index >= 15 is 0 Å². The molecular formula is C14H14N2O4S. The molecule has 0 radical (unpaired) electrons. The molecule has 0 unspecified atom stereocenters. The van der Waals surface area contributed by atoms with Gasteiger partial charge in [-0.15, -0.1) is 11.3 Å². The van der Waals surface area contributed by atoms with Crippen molar-refractivity contribution in [1.82, 2.24) is 9.97 Å². The second-order valence-corrected chi connectivity index (χ2v) is 5.04. The van der Waals surface area contributed by atoms with Crippen LogP contribution in [0.4, 0.5) is 0 Å². The molecule has 0 spiro atoms. The van der Waals surface area contributed by atoms with Crippen LogP contribution in [0.5, 0.6) is 5.88 Å². The number of Topliss-reactive ketones (excluding diaryl/α,β-unsaturated/α-hetero) is 1. The Hall–Kier alpha value is -2.28. The molecule has 0 saturated carbocycles. The highest BCUT2D eigenvalue weighted by Gasteiger charge is 2.23. The van der Waals surface area contributed by atoms with Crippen LogP contribution >= 0.6 is 11.3 Å². The van der Waals surface area contributed by atoms with Gasteiger partial charge in [0.1, 0.15) is 15.6 Å². The molecule has 2 rings (SSSR count). The van der Waals surface area contributed by atoms with E-state index in [-0.39, 0.29) is 23.0 Å². The SMILES string of the molecule is CCOC(=O)c1nc(-c2cccc(OC)n2)sc1C(C)=O. The first-order valence-corrected chi connectivity index (χ1v) is 7.08. The van der Waals surface area contributed by atoms with Gasteiger partial charge in [0.15, 0.2) is 11.5 Å². The molecule has 0 bridgehead atoms. The fourth-order valence-corrected chi connectivity index (χ4v) is 2.57. The third-order valence-corrected chi connectivity index (χ3v) is 3.75. The normalized spacial score (nSPS) is 10.2. The molecular weight excluding hydrogens is 292 g/mol. The molecule has 0 aromatic carbocycles. The Morgan fingerprint density at radius 3 is 2.67 bits per heavy atom. The molecule has 0 aliphatic rings. The van der Waals surface area contributed by atoms with E-state index in [2.05, 4.69) is 9.97 Å². The van der Waals surface area contributed by atoms with Crippen LogP contribution in [0.2, 0.25) is 0 Å². The minimum Gasteiger partial charge on any atom is -0.481 e. The molecule has 0 atom stereocenters. The lowest BCUT2D eigenvalue weighted by Gasteiger charge is -2.00. The van der Waals surface area contributed by atoms with Crippen molar-refractivity contribution >= 4 is 23.1 Å². The number of rotatable bonds is 5. The smallest absolute Gasteiger partial charge is 0.358 e. The van der Waals surface area contributed by atoms with Gasteiger partial charge in [0.2, 0.25) is 5.88 Å². The Morgan fingerprint density at radius 1 is 1.29 bits per heavy atom. The second kappa shape index (κ2) is 6.45. The number of hydrogen-bond donors (Lipinski definition) is 0. The summed E-state index contributed by atoms with van der Waals surface area (Å²) in [4.78, 5) is 32.2. The molecule has 0 N–H and O–H groups in total. The van der Waals surface area contributed by atoms with E-state index in [4.69, 9.17) is 9.47 Å². The van der Waals surface area contributed by atoms with E-state index < -0.39 is 5.97 Å². The predicted molar refractivity (Wildman–Crippen MR) is 77.9 cm³/mol. The number of pyridine rings is 1. The van der Waals surface area contributed by atoms with Gasteiger partial charge in [0.05, 0.1) is 13.7 Å². The van der Waals surface area contributed by atoms with E-state index in [1.807, 2.05) is 0 Å². The summed E-state index contributed by atoms with van der Waals surface area (Å²) < 4.78 is 9.97. The topological polar surface area (TPSA) is 78.4 Å². The van der Waals surface area contributed by atoms with Crippen LogP contribution in [0.1, 0.15) is 34.0 Å². The van der Waals surface area contributed by atoms with Crippen LogP contribution in [0.25, 0.3) is 10.7 Å². The van der Waals surface area contributed by atoms with Crippen molar-refractivity contribution in [1.29, 1.82) is 0 Å². The van der Waals surface area contributed by atoms with Gasteiger partial charge in [-0.3, -0.25) is 4.79 Å². The van der Waals surface area contributed by atoms with Crippen LogP contribution in [-0.4, -0.2) is 35.4 Å². The molecule has 0 aliphatic heterocycles. The Morgan fingerprint density at radius 2 is 2.05 bits per heavy atom. The third-order valence-electron chi connectivity index (χ3n) is 2.57. The molecule has 2 aromatic heterocycles. The number of hydrogen-bond acceptors (Lipinski definition) is 7. The summed E-state index contributed by atoms with van der Waals surface area (Å²) in [6.07, 6.45) is 0. The highest BCUT2D eigenvalue weighted by atomic mass is 32.1. The molecule has 0 amide bonds. The van der Waals surface area contributed by atoms with Crippen LogP contribution in [0.15, 0.2) is 18.2 Å². The molecule has 0 aliphatic carbocycles. The largest absolute Gasteiger partial charge is 0.481 e. The number of nitrogens with zero attached hydrogens (tertiary/aromatic N) is 2. The van der Waals surface area contributed by atoms with Gasteiger partial charge in [-0.25, -0.2) is 14.8 Å². The van der Waals surface area contributed by atoms with E-state index in [1.165, 1.54) is 14.0 Å². The fourth-order valence-electron chi connectivity index (χ4n) is 1.65. The van der Waals surface area contributed by atoms with Gasteiger partial charge < -0.3 is 9.47 Å². The lowest BCUT2D eigenvalue weighted by Crippen LogP contribution is -2.09. The summed E-state index contributed by atoms with van der Waals surface area (Å²) >= 11 is 1.11. The van der Waals surface area contributed by atoms with Crippen LogP contribution in [0, 0.1) is 0 Å². The number of aromatic nitrogens is 2. The highest BCUT2D eigenvalue weighted by Crippen LogP contribution is 2.28. The first-order chi connectivity index (χ1) is 10.1. The summed E-state index contributed by atoms with van der Waals surface area (Å²) in [7, 11) is 1.51. The number of carbonyl (C=O) groups is 2. The number of ether oxygens (including phenoxy) is 2. The number of methoxy groups -OCH3 is 1. The number of thiazole rings is 1. The maximum Gasteiger partial charge on any atom is 0.358 e. The Bertz CT molecular complexity index is 681. The maximum atomic E-state index is 11.9. The zero-order valence-electron chi connectivity index (χ0n) is 11.9. The summed E-state index contributed by atoms with van der Waals surface area (Å²) in [5.74, 6) is -0.400. The summed E-state index contributed by atoms with van der Waals surface area (Å²) in [6, 6.07) is 5.20. The van der Waals surface area contributed by atoms with Gasteiger partial charge in [-0.05, 0) is 13.0 Å². The second-order valence-electron chi connectivity index (χ2n) is 4.04. The molecule has 21 heavy (non-hydrogen) atoms. The van der Waals surface area contributed by atoms with Crippen molar-refractivity contribution in [3.05, 3.63) is 28.8 Å². The van der Waals surface area contributed by atoms with Gasteiger partial charge in [-0.2, -0.15) is 0 Å². The highest BCUT2D eigenvalue weighted by molar-refractivity contribution is 7.17. The minimum atomic E-state index is -0.604. The van der Waals surface area contributed by atoms with E-state index in [1.54, 1.807) is 25.1 Å². The quantitative estimate of drug-likeness (QED) is 0.624. The van der Waals surface area contributed by atoms with E-state index in [9.17, 15) is 9.59 Å². The van der Waals surface area contributed by atoms with Crippen molar-refractivity contribution in [3.63, 3.8) is 0 Å². The third kappa shape index (κ3) is 3.25. The van der Waals surface area contributed by atoms with Gasteiger partial charge in [0.25, 0.3) is 0 Å². The average Bonchev–Trinajstić information content (AvgIpc) is 2.93. The number of esters is 1. The molecule has 0 fully saturated rings. The van der Waals surface area contributed by atoms with Crippen LogP contribution in [0.3, 0.4) is 0 Å². The first-order valence-electron chi connectivity index (χ1n) is 6.27. The maximum absolute atomic E-state index is 11.9. The molecule has 0 saturated heterocycles. The van der Waals surface area contributed by atoms with Gasteiger partial charge >= 0.3 is 5.97 Å². The zero-order chi connectivity index (χ0) is 15.4. The monoisotopic (exact) mass is 306 g/mol. The lowest BCUT2D eigenvalue weighted by molar-refractivity contribution is 0.0517. The molecule has 6 nitrogen and oxygen atoms in total. The first kappa shape index (κ1) is 15.1. The number of carbonyl (C=O) groups excluding carboxylic acids is 2.